The zero-order chi connectivity index (χ0) is 14.6. The van der Waals surface area contributed by atoms with Crippen LogP contribution in [0.15, 0.2) is 18.2 Å². The van der Waals surface area contributed by atoms with Crippen LogP contribution in [0.5, 0.6) is 0 Å². The highest BCUT2D eigenvalue weighted by molar-refractivity contribution is 5.72. The molecule has 0 spiro atoms. The van der Waals surface area contributed by atoms with Crippen molar-refractivity contribution in [2.24, 2.45) is 0 Å². The van der Waals surface area contributed by atoms with Gasteiger partial charge in [-0.15, -0.1) is 0 Å². The van der Waals surface area contributed by atoms with Gasteiger partial charge in [0.05, 0.1) is 6.10 Å². The molecule has 0 aliphatic carbocycles. The highest BCUT2D eigenvalue weighted by atomic mass is 19.1. The van der Waals surface area contributed by atoms with Crippen LogP contribution in [-0.4, -0.2) is 28.3 Å². The van der Waals surface area contributed by atoms with E-state index in [-0.39, 0.29) is 5.82 Å². The van der Waals surface area contributed by atoms with Gasteiger partial charge in [-0.1, -0.05) is 19.1 Å². The van der Waals surface area contributed by atoms with E-state index in [1.807, 2.05) is 6.92 Å². The third kappa shape index (κ3) is 4.01. The molecule has 0 heterocycles. The van der Waals surface area contributed by atoms with Crippen LogP contribution in [0.3, 0.4) is 0 Å². The number of carbonyl (C=O) groups is 1. The largest absolute Gasteiger partial charge is 0.480 e. The van der Waals surface area contributed by atoms with Crippen molar-refractivity contribution >= 4 is 5.97 Å². The number of aryl methyl sites for hydroxylation is 1. The molecule has 1 aromatic carbocycles. The maximum absolute atomic E-state index is 13.2. The number of hydrogen-bond acceptors (Lipinski definition) is 3. The van der Waals surface area contributed by atoms with E-state index in [4.69, 9.17) is 5.11 Å². The Balaban J connectivity index is 2.85. The number of aliphatic hydroxyl groups excluding tert-OH is 1. The maximum atomic E-state index is 13.2. The molecule has 4 nitrogen and oxygen atoms in total. The number of aliphatic carboxylic acids is 1. The molecule has 0 aliphatic heterocycles. The number of carboxylic acid groups (broad SMARTS) is 1. The predicted molar refractivity (Wildman–Crippen MR) is 70.4 cm³/mol. The number of nitrogens with one attached hydrogen (secondary N) is 1. The molecule has 0 radical (unpaired) electrons. The lowest BCUT2D eigenvalue weighted by Crippen LogP contribution is -2.44. The highest BCUT2D eigenvalue weighted by Gasteiger charge is 2.23. The monoisotopic (exact) mass is 269 g/mol. The van der Waals surface area contributed by atoms with Gasteiger partial charge in [-0.3, -0.25) is 10.1 Å². The molecule has 3 atom stereocenters. The standard InChI is InChI=1S/C14H20FNO3/c1-4-12(16-9(3)14(18)19)13(17)10-5-6-11(15)8(2)7-10/h5-7,9,12-13,16-17H,4H2,1-3H3,(H,18,19). The van der Waals surface area contributed by atoms with E-state index in [9.17, 15) is 14.3 Å². The summed E-state index contributed by atoms with van der Waals surface area (Å²) >= 11 is 0. The Hall–Kier alpha value is -1.46. The summed E-state index contributed by atoms with van der Waals surface area (Å²) in [6.45, 7) is 5.00. The van der Waals surface area contributed by atoms with Gasteiger partial charge < -0.3 is 10.2 Å². The van der Waals surface area contributed by atoms with Gasteiger partial charge in [-0.05, 0) is 37.5 Å². The van der Waals surface area contributed by atoms with Crippen molar-refractivity contribution in [1.29, 1.82) is 0 Å². The summed E-state index contributed by atoms with van der Waals surface area (Å²) in [7, 11) is 0. The molecule has 1 aromatic rings. The van der Waals surface area contributed by atoms with E-state index in [1.165, 1.54) is 19.1 Å². The molecule has 0 amide bonds. The number of aliphatic hydroxyl groups is 1. The van der Waals surface area contributed by atoms with Gasteiger partial charge >= 0.3 is 5.97 Å². The summed E-state index contributed by atoms with van der Waals surface area (Å²) in [5, 5.41) is 22.0. The molecule has 0 bridgehead atoms. The predicted octanol–water partition coefficient (Wildman–Crippen LogP) is 2.01. The van der Waals surface area contributed by atoms with Crippen molar-refractivity contribution in [1.82, 2.24) is 5.32 Å². The molecule has 3 unspecified atom stereocenters. The van der Waals surface area contributed by atoms with E-state index in [2.05, 4.69) is 5.32 Å². The molecule has 0 fully saturated rings. The molecule has 3 N–H and O–H groups in total. The van der Waals surface area contributed by atoms with Crippen molar-refractivity contribution in [3.63, 3.8) is 0 Å². The van der Waals surface area contributed by atoms with Gasteiger partial charge in [0.15, 0.2) is 0 Å². The molecule has 19 heavy (non-hydrogen) atoms. The first-order chi connectivity index (χ1) is 8.86. The molecule has 5 heteroatoms. The Morgan fingerprint density at radius 2 is 2.11 bits per heavy atom. The van der Waals surface area contributed by atoms with Crippen LogP contribution < -0.4 is 5.32 Å². The zero-order valence-corrected chi connectivity index (χ0v) is 11.4. The zero-order valence-electron chi connectivity index (χ0n) is 11.4. The average Bonchev–Trinajstić information content (AvgIpc) is 2.37. The van der Waals surface area contributed by atoms with E-state index >= 15 is 0 Å². The second-order valence-corrected chi connectivity index (χ2v) is 4.69. The van der Waals surface area contributed by atoms with Crippen LogP contribution in [0.25, 0.3) is 0 Å². The minimum atomic E-state index is -0.971. The van der Waals surface area contributed by atoms with Crippen LogP contribution in [0.1, 0.15) is 37.5 Å². The van der Waals surface area contributed by atoms with E-state index in [1.54, 1.807) is 13.0 Å². The highest BCUT2D eigenvalue weighted by Crippen LogP contribution is 2.21. The van der Waals surface area contributed by atoms with Gasteiger partial charge in [0.25, 0.3) is 0 Å². The van der Waals surface area contributed by atoms with E-state index < -0.39 is 24.2 Å². The Bertz CT molecular complexity index is 450. The summed E-state index contributed by atoms with van der Waals surface area (Å²) in [5.41, 5.74) is 1.04. The normalized spacial score (nSPS) is 15.8. The summed E-state index contributed by atoms with van der Waals surface area (Å²) in [6.07, 6.45) is -0.305. The molecule has 106 valence electrons. The minimum absolute atomic E-state index is 0.323. The first kappa shape index (κ1) is 15.6. The lowest BCUT2D eigenvalue weighted by atomic mass is 9.98. The van der Waals surface area contributed by atoms with Gasteiger partial charge in [-0.25, -0.2) is 4.39 Å². The first-order valence-corrected chi connectivity index (χ1v) is 6.29. The second kappa shape index (κ2) is 6.63. The van der Waals surface area contributed by atoms with Gasteiger partial charge in [0, 0.05) is 6.04 Å². The lowest BCUT2D eigenvalue weighted by molar-refractivity contribution is -0.139. The van der Waals surface area contributed by atoms with Crippen LogP contribution in [0.2, 0.25) is 0 Å². The summed E-state index contributed by atoms with van der Waals surface area (Å²) in [6, 6.07) is 3.26. The average molecular weight is 269 g/mol. The van der Waals surface area contributed by atoms with Crippen molar-refractivity contribution in [3.05, 3.63) is 35.1 Å². The fourth-order valence-corrected chi connectivity index (χ4v) is 1.91. The molecule has 0 aliphatic rings. The summed E-state index contributed by atoms with van der Waals surface area (Å²) in [4.78, 5) is 10.8. The number of hydrogen-bond donors (Lipinski definition) is 3. The third-order valence-electron chi connectivity index (χ3n) is 3.18. The maximum Gasteiger partial charge on any atom is 0.320 e. The van der Waals surface area contributed by atoms with Crippen molar-refractivity contribution in [2.75, 3.05) is 0 Å². The SMILES string of the molecule is CCC(NC(C)C(=O)O)C(O)c1ccc(F)c(C)c1. The summed E-state index contributed by atoms with van der Waals surface area (Å²) in [5.74, 6) is -1.29. The molecule has 0 aromatic heterocycles. The minimum Gasteiger partial charge on any atom is -0.480 e. The van der Waals surface area contributed by atoms with Gasteiger partial charge in [0.2, 0.25) is 0 Å². The molecule has 0 saturated heterocycles. The second-order valence-electron chi connectivity index (χ2n) is 4.69. The fourth-order valence-electron chi connectivity index (χ4n) is 1.91. The third-order valence-corrected chi connectivity index (χ3v) is 3.18. The van der Waals surface area contributed by atoms with Crippen LogP contribution >= 0.6 is 0 Å². The molecular formula is C14H20FNO3. The number of benzene rings is 1. The van der Waals surface area contributed by atoms with Crippen LogP contribution in [-0.2, 0) is 4.79 Å². The Morgan fingerprint density at radius 3 is 2.58 bits per heavy atom. The smallest absolute Gasteiger partial charge is 0.320 e. The van der Waals surface area contributed by atoms with Crippen molar-refractivity contribution < 1.29 is 19.4 Å². The van der Waals surface area contributed by atoms with Crippen molar-refractivity contribution in [2.45, 2.75) is 45.4 Å². The number of carboxylic acids is 1. The molecular weight excluding hydrogens is 249 g/mol. The van der Waals surface area contributed by atoms with E-state index in [0.717, 1.165) is 0 Å². The summed E-state index contributed by atoms with van der Waals surface area (Å²) < 4.78 is 13.2. The van der Waals surface area contributed by atoms with Crippen LogP contribution in [0.4, 0.5) is 4.39 Å². The lowest BCUT2D eigenvalue weighted by Gasteiger charge is -2.25. The Labute approximate surface area is 112 Å². The van der Waals surface area contributed by atoms with Gasteiger partial charge in [-0.2, -0.15) is 0 Å². The quantitative estimate of drug-likeness (QED) is 0.739. The van der Waals surface area contributed by atoms with E-state index in [0.29, 0.717) is 17.5 Å². The fraction of sp³-hybridized carbons (Fsp3) is 0.500. The Morgan fingerprint density at radius 1 is 1.47 bits per heavy atom. The van der Waals surface area contributed by atoms with Crippen LogP contribution in [0, 0.1) is 12.7 Å². The molecule has 0 saturated carbocycles. The topological polar surface area (TPSA) is 69.6 Å². The number of halogens is 1. The number of rotatable bonds is 6. The van der Waals surface area contributed by atoms with Gasteiger partial charge in [0.1, 0.15) is 11.9 Å². The first-order valence-electron chi connectivity index (χ1n) is 6.29. The molecule has 1 rings (SSSR count). The Kier molecular flexibility index (Phi) is 5.44. The van der Waals surface area contributed by atoms with Crippen molar-refractivity contribution in [3.8, 4) is 0 Å².